The van der Waals surface area contributed by atoms with Crippen LogP contribution in [0.3, 0.4) is 0 Å². The first-order chi connectivity index (χ1) is 12.8. The lowest BCUT2D eigenvalue weighted by molar-refractivity contribution is 0.0986. The van der Waals surface area contributed by atoms with Crippen molar-refractivity contribution >= 4 is 17.2 Å². The number of hydrogen-bond acceptors (Lipinski definition) is 4. The van der Waals surface area contributed by atoms with Gasteiger partial charge in [-0.3, -0.25) is 9.69 Å². The molecule has 3 aromatic rings. The molecular weight excluding hydrogens is 326 g/mol. The Hall–Kier alpha value is -2.73. The van der Waals surface area contributed by atoms with Gasteiger partial charge in [-0.2, -0.15) is 0 Å². The normalized spacial score (nSPS) is 17.2. The Balaban J connectivity index is 1.48. The number of hydrogen-bond donors (Lipinski definition) is 0. The van der Waals surface area contributed by atoms with E-state index in [1.165, 1.54) is 37.1 Å². The number of carbonyl (C=O) groups excluding carboxylic acids is 1. The molecule has 1 aromatic carbocycles. The van der Waals surface area contributed by atoms with Crippen molar-refractivity contribution < 1.29 is 4.79 Å². The molecule has 1 fully saturated rings. The molecule has 0 bridgehead atoms. The number of fused-ring (bicyclic) bond motifs is 2. The third-order valence-corrected chi connectivity index (χ3v) is 5.48. The summed E-state index contributed by atoms with van der Waals surface area (Å²) in [5.74, 6) is -0.0705. The molecule has 0 atom stereocenters. The summed E-state index contributed by atoms with van der Waals surface area (Å²) in [4.78, 5) is 26.2. The second kappa shape index (κ2) is 6.21. The summed E-state index contributed by atoms with van der Waals surface area (Å²) in [6.07, 6.45) is 10.5. The zero-order chi connectivity index (χ0) is 17.5. The zero-order valence-corrected chi connectivity index (χ0v) is 14.6. The number of carbonyl (C=O) groups is 1. The third kappa shape index (κ3) is 2.49. The van der Waals surface area contributed by atoms with Gasteiger partial charge >= 0.3 is 0 Å². The van der Waals surface area contributed by atoms with Crippen molar-refractivity contribution in [1.82, 2.24) is 19.3 Å². The van der Waals surface area contributed by atoms with Crippen LogP contribution in [-0.4, -0.2) is 44.8 Å². The van der Waals surface area contributed by atoms with Gasteiger partial charge in [0.05, 0.1) is 0 Å². The molecule has 0 unspecified atom stereocenters. The molecule has 2 aliphatic rings. The molecule has 2 aromatic heterocycles. The minimum Gasteiger partial charge on any atom is -0.306 e. The standard InChI is InChI=1S/C20H21N5O/c26-20(18-19-22-8-13-24(19)12-7-21-18)25-11-6-16-15(4-3-5-17(16)25)14-23-9-1-2-10-23/h3-5,7-8,12-13H,1-2,6,9-11,14H2. The van der Waals surface area contributed by atoms with Crippen LogP contribution in [0.5, 0.6) is 0 Å². The van der Waals surface area contributed by atoms with E-state index >= 15 is 0 Å². The molecule has 132 valence electrons. The van der Waals surface area contributed by atoms with E-state index in [0.29, 0.717) is 17.9 Å². The Labute approximate surface area is 152 Å². The van der Waals surface area contributed by atoms with Gasteiger partial charge in [0.25, 0.3) is 5.91 Å². The molecule has 0 N–H and O–H groups in total. The Bertz CT molecular complexity index is 973. The summed E-state index contributed by atoms with van der Waals surface area (Å²) < 4.78 is 1.83. The zero-order valence-electron chi connectivity index (χ0n) is 14.6. The monoisotopic (exact) mass is 347 g/mol. The summed E-state index contributed by atoms with van der Waals surface area (Å²) in [6.45, 7) is 4.05. The highest BCUT2D eigenvalue weighted by Gasteiger charge is 2.29. The van der Waals surface area contributed by atoms with Crippen LogP contribution in [0, 0.1) is 0 Å². The van der Waals surface area contributed by atoms with Crippen LogP contribution in [0.2, 0.25) is 0 Å². The number of likely N-dealkylation sites (tertiary alicyclic amines) is 1. The van der Waals surface area contributed by atoms with Gasteiger partial charge in [0, 0.05) is 43.6 Å². The number of rotatable bonds is 3. The van der Waals surface area contributed by atoms with E-state index in [-0.39, 0.29) is 5.91 Å². The van der Waals surface area contributed by atoms with Crippen LogP contribution in [-0.2, 0) is 13.0 Å². The van der Waals surface area contributed by atoms with Gasteiger partial charge in [-0.25, -0.2) is 9.97 Å². The van der Waals surface area contributed by atoms with Gasteiger partial charge in [-0.15, -0.1) is 0 Å². The number of aromatic nitrogens is 3. The Morgan fingerprint density at radius 3 is 2.69 bits per heavy atom. The van der Waals surface area contributed by atoms with Crippen LogP contribution in [0.4, 0.5) is 5.69 Å². The first-order valence-corrected chi connectivity index (χ1v) is 9.24. The topological polar surface area (TPSA) is 53.7 Å². The molecule has 4 heterocycles. The van der Waals surface area contributed by atoms with Gasteiger partial charge in [0.1, 0.15) is 0 Å². The highest BCUT2D eigenvalue weighted by Crippen LogP contribution is 2.33. The average molecular weight is 347 g/mol. The smallest absolute Gasteiger partial charge is 0.280 e. The largest absolute Gasteiger partial charge is 0.306 e. The summed E-state index contributed by atoms with van der Waals surface area (Å²) in [7, 11) is 0. The van der Waals surface area contributed by atoms with Crippen LogP contribution in [0.25, 0.3) is 5.65 Å². The van der Waals surface area contributed by atoms with Crippen LogP contribution in [0.1, 0.15) is 34.5 Å². The van der Waals surface area contributed by atoms with Gasteiger partial charge in [-0.05, 0) is 49.5 Å². The first kappa shape index (κ1) is 15.5. The number of benzene rings is 1. The van der Waals surface area contributed by atoms with E-state index in [0.717, 1.165) is 18.7 Å². The van der Waals surface area contributed by atoms with E-state index in [9.17, 15) is 4.79 Å². The van der Waals surface area contributed by atoms with Gasteiger partial charge in [0.2, 0.25) is 0 Å². The average Bonchev–Trinajstić information content (AvgIpc) is 3.41. The molecular formula is C20H21N5O. The fraction of sp³-hybridized carbons (Fsp3) is 0.350. The van der Waals surface area contributed by atoms with Crippen molar-refractivity contribution in [2.24, 2.45) is 0 Å². The molecule has 6 heteroatoms. The molecule has 1 saturated heterocycles. The van der Waals surface area contributed by atoms with Gasteiger partial charge < -0.3 is 9.30 Å². The molecule has 0 radical (unpaired) electrons. The van der Waals surface area contributed by atoms with Gasteiger partial charge in [-0.1, -0.05) is 12.1 Å². The molecule has 26 heavy (non-hydrogen) atoms. The minimum atomic E-state index is -0.0705. The highest BCUT2D eigenvalue weighted by atomic mass is 16.2. The highest BCUT2D eigenvalue weighted by molar-refractivity contribution is 6.09. The van der Waals surface area contributed by atoms with Crippen molar-refractivity contribution in [3.05, 3.63) is 59.8 Å². The number of anilines is 1. The van der Waals surface area contributed by atoms with Crippen molar-refractivity contribution in [3.8, 4) is 0 Å². The second-order valence-corrected chi connectivity index (χ2v) is 7.04. The van der Waals surface area contributed by atoms with Crippen LogP contribution < -0.4 is 4.90 Å². The Morgan fingerprint density at radius 2 is 1.85 bits per heavy atom. The summed E-state index contributed by atoms with van der Waals surface area (Å²) in [6, 6.07) is 6.33. The summed E-state index contributed by atoms with van der Waals surface area (Å²) >= 11 is 0. The van der Waals surface area contributed by atoms with E-state index in [1.807, 2.05) is 21.7 Å². The van der Waals surface area contributed by atoms with Crippen molar-refractivity contribution in [2.75, 3.05) is 24.5 Å². The summed E-state index contributed by atoms with van der Waals surface area (Å²) in [5.41, 5.74) is 4.71. The SMILES string of the molecule is O=C(c1nccn2ccnc12)N1CCc2c(CN3CCCC3)cccc21. The summed E-state index contributed by atoms with van der Waals surface area (Å²) in [5, 5.41) is 0. The van der Waals surface area contributed by atoms with Crippen LogP contribution in [0.15, 0.2) is 43.0 Å². The third-order valence-electron chi connectivity index (χ3n) is 5.48. The lowest BCUT2D eigenvalue weighted by atomic mass is 10.0. The van der Waals surface area contributed by atoms with E-state index in [2.05, 4.69) is 33.1 Å². The molecule has 1 amide bonds. The molecule has 2 aliphatic heterocycles. The lowest BCUT2D eigenvalue weighted by Gasteiger charge is -2.19. The molecule has 0 aliphatic carbocycles. The Kier molecular flexibility index (Phi) is 3.71. The number of amides is 1. The predicted octanol–water partition coefficient (Wildman–Crippen LogP) is 2.53. The van der Waals surface area contributed by atoms with E-state index in [1.54, 1.807) is 12.4 Å². The maximum absolute atomic E-state index is 13.2. The lowest BCUT2D eigenvalue weighted by Crippen LogP contribution is -2.30. The fourth-order valence-corrected chi connectivity index (χ4v) is 4.18. The predicted molar refractivity (Wildman–Crippen MR) is 99.3 cm³/mol. The molecule has 0 spiro atoms. The maximum Gasteiger partial charge on any atom is 0.280 e. The van der Waals surface area contributed by atoms with Gasteiger partial charge in [0.15, 0.2) is 11.3 Å². The Morgan fingerprint density at radius 1 is 1.04 bits per heavy atom. The molecule has 6 nitrogen and oxygen atoms in total. The maximum atomic E-state index is 13.2. The molecule has 0 saturated carbocycles. The first-order valence-electron chi connectivity index (χ1n) is 9.24. The van der Waals surface area contributed by atoms with E-state index < -0.39 is 0 Å². The number of nitrogens with zero attached hydrogens (tertiary/aromatic N) is 5. The fourth-order valence-electron chi connectivity index (χ4n) is 4.18. The number of imidazole rings is 1. The second-order valence-electron chi connectivity index (χ2n) is 7.04. The van der Waals surface area contributed by atoms with Crippen molar-refractivity contribution in [3.63, 3.8) is 0 Å². The minimum absolute atomic E-state index is 0.0705. The molecule has 5 rings (SSSR count). The van der Waals surface area contributed by atoms with Crippen molar-refractivity contribution in [2.45, 2.75) is 25.8 Å². The van der Waals surface area contributed by atoms with Crippen LogP contribution >= 0.6 is 0 Å². The quantitative estimate of drug-likeness (QED) is 0.731. The van der Waals surface area contributed by atoms with Crippen molar-refractivity contribution in [1.29, 1.82) is 0 Å². The van der Waals surface area contributed by atoms with E-state index in [4.69, 9.17) is 0 Å².